The third-order valence-electron chi connectivity index (χ3n) is 1.77. The number of rotatable bonds is 8. The molecule has 5 heteroatoms. The molecule has 0 aliphatic carbocycles. The molecule has 0 atom stereocenters. The minimum Gasteiger partial charge on any atom is -0.550 e. The van der Waals surface area contributed by atoms with Gasteiger partial charge in [-0.1, -0.05) is 19.3 Å². The Hall–Kier alpha value is 0.576. The molecule has 0 radical (unpaired) electrons. The largest absolute Gasteiger partial charge is 1.00 e. The molecule has 0 saturated carbocycles. The van der Waals surface area contributed by atoms with Gasteiger partial charge < -0.3 is 15.0 Å². The second-order valence-electron chi connectivity index (χ2n) is 3.03. The van der Waals surface area contributed by atoms with E-state index in [2.05, 4.69) is 0 Å². The molecule has 0 rings (SSSR count). The fraction of sp³-hybridized carbons (Fsp3) is 0.778. The molecule has 0 aromatic heterocycles. The van der Waals surface area contributed by atoms with E-state index in [1.54, 1.807) is 0 Å². The molecule has 76 valence electrons. The van der Waals surface area contributed by atoms with E-state index < -0.39 is 11.9 Å². The summed E-state index contributed by atoms with van der Waals surface area (Å²) in [6.45, 7) is 0. The summed E-state index contributed by atoms with van der Waals surface area (Å²) in [5, 5.41) is 18.3. The van der Waals surface area contributed by atoms with Gasteiger partial charge in [0.15, 0.2) is 0 Å². The number of carbonyl (C=O) groups is 2. The third-order valence-corrected chi connectivity index (χ3v) is 1.77. The van der Waals surface area contributed by atoms with Crippen LogP contribution in [0.4, 0.5) is 0 Å². The number of carbonyl (C=O) groups excluding carboxylic acids is 1. The van der Waals surface area contributed by atoms with Crippen LogP contribution >= 0.6 is 0 Å². The Balaban J connectivity index is 0. The molecule has 4 nitrogen and oxygen atoms in total. The first-order valence-electron chi connectivity index (χ1n) is 4.54. The van der Waals surface area contributed by atoms with Crippen LogP contribution in [0, 0.1) is 0 Å². The van der Waals surface area contributed by atoms with E-state index in [4.69, 9.17) is 5.11 Å². The third kappa shape index (κ3) is 15.1. The molecule has 0 aliphatic rings. The van der Waals surface area contributed by atoms with Gasteiger partial charge in [0.2, 0.25) is 0 Å². The Kier molecular flexibility index (Phi) is 14.1. The number of carboxylic acid groups (broad SMARTS) is 2. The molecule has 0 spiro atoms. The standard InChI is InChI=1S/C9H16O4.K/c10-8(11)6-4-2-1-3-5-7-9(12)13;/h1-7H2,(H,10,11)(H,12,13);/q;+1/p-1. The molecule has 0 bridgehead atoms. The van der Waals surface area contributed by atoms with Gasteiger partial charge in [0.25, 0.3) is 0 Å². The van der Waals surface area contributed by atoms with E-state index >= 15 is 0 Å². The Morgan fingerprint density at radius 2 is 1.36 bits per heavy atom. The normalized spacial score (nSPS) is 9.14. The van der Waals surface area contributed by atoms with E-state index in [-0.39, 0.29) is 64.2 Å². The van der Waals surface area contributed by atoms with Crippen molar-refractivity contribution in [2.75, 3.05) is 0 Å². The molecule has 0 heterocycles. The maximum absolute atomic E-state index is 10.1. The zero-order valence-corrected chi connectivity index (χ0v) is 11.7. The molecule has 0 saturated heterocycles. The fourth-order valence-electron chi connectivity index (χ4n) is 1.08. The van der Waals surface area contributed by atoms with Crippen LogP contribution in [0.25, 0.3) is 0 Å². The molecule has 0 aromatic carbocycles. The smallest absolute Gasteiger partial charge is 0.550 e. The van der Waals surface area contributed by atoms with Gasteiger partial charge in [-0.3, -0.25) is 4.79 Å². The van der Waals surface area contributed by atoms with Crippen molar-refractivity contribution >= 4 is 11.9 Å². The first-order chi connectivity index (χ1) is 6.13. The van der Waals surface area contributed by atoms with Gasteiger partial charge in [0.05, 0.1) is 0 Å². The topological polar surface area (TPSA) is 77.4 Å². The molecule has 0 fully saturated rings. The summed E-state index contributed by atoms with van der Waals surface area (Å²) >= 11 is 0. The molecule has 14 heavy (non-hydrogen) atoms. The summed E-state index contributed by atoms with van der Waals surface area (Å²) in [7, 11) is 0. The average Bonchev–Trinajstić information content (AvgIpc) is 2.01. The zero-order chi connectivity index (χ0) is 10.1. The van der Waals surface area contributed by atoms with Gasteiger partial charge in [-0.25, -0.2) is 0 Å². The summed E-state index contributed by atoms with van der Waals surface area (Å²) in [6, 6.07) is 0. The first kappa shape index (κ1) is 17.0. The quantitative estimate of drug-likeness (QED) is 0.368. The van der Waals surface area contributed by atoms with Crippen molar-refractivity contribution in [3.63, 3.8) is 0 Å². The molecule has 0 aliphatic heterocycles. The van der Waals surface area contributed by atoms with Crippen molar-refractivity contribution < 1.29 is 71.2 Å². The van der Waals surface area contributed by atoms with Gasteiger partial charge in [0, 0.05) is 12.4 Å². The molecule has 0 unspecified atom stereocenters. The zero-order valence-electron chi connectivity index (χ0n) is 8.62. The number of unbranched alkanes of at least 4 members (excludes halogenated alkanes) is 4. The molecule has 1 N–H and O–H groups in total. The van der Waals surface area contributed by atoms with E-state index in [1.165, 1.54) is 0 Å². The van der Waals surface area contributed by atoms with Crippen LogP contribution in [0.5, 0.6) is 0 Å². The molecule has 0 amide bonds. The van der Waals surface area contributed by atoms with Crippen molar-refractivity contribution in [2.24, 2.45) is 0 Å². The average molecular weight is 226 g/mol. The van der Waals surface area contributed by atoms with Crippen molar-refractivity contribution in [3.05, 3.63) is 0 Å². The fourth-order valence-corrected chi connectivity index (χ4v) is 1.08. The predicted molar refractivity (Wildman–Crippen MR) is 45.0 cm³/mol. The van der Waals surface area contributed by atoms with Crippen LogP contribution in [-0.2, 0) is 9.59 Å². The molecular formula is C9H15KO4. The number of hydrogen-bond acceptors (Lipinski definition) is 3. The Labute approximate surface area is 126 Å². The number of aliphatic carboxylic acids is 2. The van der Waals surface area contributed by atoms with E-state index in [0.29, 0.717) is 12.8 Å². The summed E-state index contributed by atoms with van der Waals surface area (Å²) < 4.78 is 0. The molecule has 0 aromatic rings. The van der Waals surface area contributed by atoms with Crippen molar-refractivity contribution in [2.45, 2.75) is 44.9 Å². The van der Waals surface area contributed by atoms with Crippen LogP contribution in [0.1, 0.15) is 44.9 Å². The first-order valence-corrected chi connectivity index (χ1v) is 4.54. The van der Waals surface area contributed by atoms with Crippen LogP contribution < -0.4 is 56.5 Å². The van der Waals surface area contributed by atoms with Gasteiger partial charge in [-0.15, -0.1) is 0 Å². The Morgan fingerprint density at radius 1 is 0.929 bits per heavy atom. The maximum atomic E-state index is 10.1. The van der Waals surface area contributed by atoms with E-state index in [0.717, 1.165) is 19.3 Å². The predicted octanol–water partition coefficient (Wildman–Crippen LogP) is -2.44. The molecular weight excluding hydrogens is 211 g/mol. The van der Waals surface area contributed by atoms with Crippen molar-refractivity contribution in [1.82, 2.24) is 0 Å². The van der Waals surface area contributed by atoms with Crippen LogP contribution in [-0.4, -0.2) is 17.0 Å². The van der Waals surface area contributed by atoms with Crippen molar-refractivity contribution in [1.29, 1.82) is 0 Å². The van der Waals surface area contributed by atoms with Gasteiger partial charge in [-0.2, -0.15) is 0 Å². The SMILES string of the molecule is O=C([O-])CCCCCCCC(=O)O.[K+]. The van der Waals surface area contributed by atoms with Gasteiger partial charge in [-0.05, 0) is 19.3 Å². The van der Waals surface area contributed by atoms with E-state index in [1.807, 2.05) is 0 Å². The Bertz CT molecular complexity index is 152. The van der Waals surface area contributed by atoms with Crippen LogP contribution in [0.2, 0.25) is 0 Å². The maximum Gasteiger partial charge on any atom is 1.00 e. The summed E-state index contributed by atoms with van der Waals surface area (Å²) in [6.07, 6.45) is 4.24. The van der Waals surface area contributed by atoms with Gasteiger partial charge >= 0.3 is 57.4 Å². The second kappa shape index (κ2) is 11.7. The summed E-state index contributed by atoms with van der Waals surface area (Å²) in [4.78, 5) is 20.1. The Morgan fingerprint density at radius 3 is 1.79 bits per heavy atom. The van der Waals surface area contributed by atoms with Gasteiger partial charge in [0.1, 0.15) is 0 Å². The minimum atomic E-state index is -1.01. The second-order valence-corrected chi connectivity index (χ2v) is 3.03. The summed E-state index contributed by atoms with van der Waals surface area (Å²) in [5.41, 5.74) is 0. The number of carboxylic acids is 2. The van der Waals surface area contributed by atoms with Crippen molar-refractivity contribution in [3.8, 4) is 0 Å². The van der Waals surface area contributed by atoms with Crippen LogP contribution in [0.3, 0.4) is 0 Å². The van der Waals surface area contributed by atoms with E-state index in [9.17, 15) is 14.7 Å². The number of hydrogen-bond donors (Lipinski definition) is 1. The summed E-state index contributed by atoms with van der Waals surface area (Å²) in [5.74, 6) is -1.78. The monoisotopic (exact) mass is 226 g/mol. The van der Waals surface area contributed by atoms with Crippen LogP contribution in [0.15, 0.2) is 0 Å². The minimum absolute atomic E-state index is 0.